The van der Waals surface area contributed by atoms with Gasteiger partial charge in [-0.3, -0.25) is 9.09 Å². The van der Waals surface area contributed by atoms with Crippen LogP contribution in [0.25, 0.3) is 11.2 Å². The predicted molar refractivity (Wildman–Crippen MR) is 108 cm³/mol. The number of hydrogen-bond donors (Lipinski definition) is 7. The number of nitrogens with two attached hydrogens (primary N) is 2. The van der Waals surface area contributed by atoms with Gasteiger partial charge >= 0.3 is 23.5 Å². The molecule has 2 aromatic rings. The number of phosphoric acid groups is 3. The predicted octanol–water partition coefficient (Wildman–Crippen LogP) is -0.234. The molecular weight excluding hydrogens is 560 g/mol. The van der Waals surface area contributed by atoms with Crippen molar-refractivity contribution in [3.05, 3.63) is 6.33 Å². The van der Waals surface area contributed by atoms with Crippen LogP contribution >= 0.6 is 46.7 Å². The molecule has 33 heavy (non-hydrogen) atoms. The Labute approximate surface area is 192 Å². The highest BCUT2D eigenvalue weighted by molar-refractivity contribution is 7.66. The Morgan fingerprint density at radius 1 is 1.12 bits per heavy atom. The lowest BCUT2D eigenvalue weighted by atomic mass is 10.2. The first-order chi connectivity index (χ1) is 14.9. The largest absolute Gasteiger partial charge is 0.490 e. The molecule has 5 atom stereocenters. The third-order valence-corrected chi connectivity index (χ3v) is 8.54. The second kappa shape index (κ2) is 8.93. The highest BCUT2D eigenvalue weighted by atomic mass is 35.5. The van der Waals surface area contributed by atoms with Gasteiger partial charge < -0.3 is 40.9 Å². The van der Waals surface area contributed by atoms with E-state index in [1.54, 1.807) is 0 Å². The van der Waals surface area contributed by atoms with Gasteiger partial charge in [0.25, 0.3) is 0 Å². The molecule has 0 saturated carbocycles. The van der Waals surface area contributed by atoms with E-state index in [1.165, 1.54) is 0 Å². The lowest BCUT2D eigenvalue weighted by molar-refractivity contribution is -0.0425. The van der Waals surface area contributed by atoms with Crippen LogP contribution in [0.2, 0.25) is 0 Å². The van der Waals surface area contributed by atoms with E-state index in [-0.39, 0.29) is 22.9 Å². The van der Waals surface area contributed by atoms with Gasteiger partial charge in [-0.2, -0.15) is 18.6 Å². The molecule has 3 rings (SSSR count). The van der Waals surface area contributed by atoms with Crippen molar-refractivity contribution in [2.24, 2.45) is 0 Å². The second-order valence-electron chi connectivity index (χ2n) is 6.32. The number of alkyl halides is 2. The van der Waals surface area contributed by atoms with Gasteiger partial charge in [-0.15, -0.1) is 0 Å². The van der Waals surface area contributed by atoms with Gasteiger partial charge in [-0.1, -0.05) is 23.2 Å². The molecule has 1 aliphatic heterocycles. The van der Waals surface area contributed by atoms with Crippen molar-refractivity contribution < 1.29 is 56.3 Å². The maximum Gasteiger partial charge on any atom is 0.490 e. The molecule has 23 heteroatoms. The van der Waals surface area contributed by atoms with Gasteiger partial charge in [0.05, 0.1) is 12.9 Å². The number of nitrogen functional groups attached to an aromatic ring is 2. The Bertz CT molecular complexity index is 1210. The van der Waals surface area contributed by atoms with Crippen molar-refractivity contribution >= 4 is 69.6 Å². The number of rotatable bonds is 8. The molecule has 0 bridgehead atoms. The lowest BCUT2D eigenvalue weighted by Crippen LogP contribution is -2.37. The quantitative estimate of drug-likeness (QED) is 0.158. The maximum absolute atomic E-state index is 11.9. The van der Waals surface area contributed by atoms with Gasteiger partial charge in [-0.05, 0) is 0 Å². The zero-order valence-corrected chi connectivity index (χ0v) is 19.8. The van der Waals surface area contributed by atoms with Crippen LogP contribution < -0.4 is 11.5 Å². The molecule has 1 aliphatic rings. The van der Waals surface area contributed by atoms with Gasteiger partial charge in [-0.25, -0.2) is 18.7 Å². The normalized spacial score (nSPS) is 26.8. The monoisotopic (exact) mass is 574 g/mol. The highest BCUT2D eigenvalue weighted by Crippen LogP contribution is 2.66. The summed E-state index contributed by atoms with van der Waals surface area (Å²) >= 11 is 12.4. The minimum Gasteiger partial charge on any atom is -0.387 e. The van der Waals surface area contributed by atoms with Crippen LogP contribution in [0.4, 0.5) is 11.8 Å². The number of nitrogens with zero attached hydrogens (tertiary/aromatic N) is 4. The number of halogens is 2. The standard InChI is InChI=1S/C10H15Cl2N6O12P3/c11-10(12)5(19)3(1-27-32(23,24)30-33(25,26)29-31(20,21)22)28-8(10)18-2-15-4-6(13)16-9(14)17-7(4)18/h2-3,5,8,19H,1H2,(H,23,24)(H,25,26)(H2,20,21,22)(H4,13,14,16,17)/t3-,5-,8-/m1/s1. The average Bonchev–Trinajstić information content (AvgIpc) is 3.10. The van der Waals surface area contributed by atoms with Crippen LogP contribution in [0.5, 0.6) is 0 Å². The van der Waals surface area contributed by atoms with Gasteiger partial charge in [0.15, 0.2) is 22.0 Å². The SMILES string of the molecule is Nc1nc(N)c2ncn([C@@H]3O[C@H](COP(=O)(O)OP(=O)(O)OP(=O)(O)O)[C@@H](O)C3(Cl)Cl)c2n1. The van der Waals surface area contributed by atoms with Crippen molar-refractivity contribution in [2.75, 3.05) is 18.1 Å². The van der Waals surface area contributed by atoms with Crippen molar-refractivity contribution in [3.63, 3.8) is 0 Å². The van der Waals surface area contributed by atoms with Gasteiger partial charge in [0.2, 0.25) is 5.95 Å². The molecule has 0 aliphatic carbocycles. The molecule has 18 nitrogen and oxygen atoms in total. The average molecular weight is 575 g/mol. The van der Waals surface area contributed by atoms with E-state index in [0.717, 1.165) is 10.9 Å². The molecule has 1 saturated heterocycles. The van der Waals surface area contributed by atoms with Gasteiger partial charge in [0.1, 0.15) is 17.7 Å². The molecule has 186 valence electrons. The van der Waals surface area contributed by atoms with Crippen LogP contribution in [0.1, 0.15) is 6.23 Å². The summed E-state index contributed by atoms with van der Waals surface area (Å²) in [5.41, 5.74) is 11.4. The fourth-order valence-electron chi connectivity index (χ4n) is 2.70. The Morgan fingerprint density at radius 2 is 1.76 bits per heavy atom. The van der Waals surface area contributed by atoms with E-state index >= 15 is 0 Å². The van der Waals surface area contributed by atoms with Crippen LogP contribution in [-0.4, -0.2) is 67.3 Å². The van der Waals surface area contributed by atoms with E-state index < -0.39 is 52.8 Å². The Kier molecular flexibility index (Phi) is 7.22. The minimum absolute atomic E-state index is 0.0245. The Hall–Kier alpha value is -0.940. The number of ether oxygens (including phenoxy) is 1. The van der Waals surface area contributed by atoms with Crippen molar-refractivity contribution in [1.29, 1.82) is 0 Å². The first kappa shape index (κ1) is 26.7. The second-order valence-corrected chi connectivity index (χ2v) is 12.2. The minimum atomic E-state index is -5.73. The molecule has 2 unspecified atom stereocenters. The smallest absolute Gasteiger partial charge is 0.387 e. The summed E-state index contributed by atoms with van der Waals surface area (Å²) < 4.78 is 50.1. The summed E-state index contributed by atoms with van der Waals surface area (Å²) in [6, 6.07) is 0. The van der Waals surface area contributed by atoms with E-state index in [2.05, 4.69) is 28.1 Å². The molecule has 2 aromatic heterocycles. The molecule has 1 fully saturated rings. The fraction of sp³-hybridized carbons (Fsp3) is 0.500. The van der Waals surface area contributed by atoms with E-state index in [0.29, 0.717) is 0 Å². The van der Waals surface area contributed by atoms with Crippen LogP contribution in [-0.2, 0) is 31.6 Å². The zero-order chi connectivity index (χ0) is 25.0. The van der Waals surface area contributed by atoms with Crippen molar-refractivity contribution in [2.45, 2.75) is 22.8 Å². The summed E-state index contributed by atoms with van der Waals surface area (Å²) in [7, 11) is -16.8. The van der Waals surface area contributed by atoms with E-state index in [1.807, 2.05) is 0 Å². The number of phosphoric ester groups is 1. The number of aliphatic hydroxyl groups excluding tert-OH is 1. The highest BCUT2D eigenvalue weighted by Gasteiger charge is 2.56. The zero-order valence-electron chi connectivity index (χ0n) is 15.7. The molecule has 9 N–H and O–H groups in total. The summed E-state index contributed by atoms with van der Waals surface area (Å²) in [5.74, 6) is -0.298. The van der Waals surface area contributed by atoms with Crippen molar-refractivity contribution in [1.82, 2.24) is 19.5 Å². The van der Waals surface area contributed by atoms with Crippen molar-refractivity contribution in [3.8, 4) is 0 Å². The van der Waals surface area contributed by atoms with E-state index in [4.69, 9.17) is 54.1 Å². The maximum atomic E-state index is 11.9. The molecule has 0 amide bonds. The molecular formula is C10H15Cl2N6O12P3. The first-order valence-corrected chi connectivity index (χ1v) is 13.4. The number of anilines is 2. The molecule has 3 heterocycles. The van der Waals surface area contributed by atoms with Crippen LogP contribution in [0, 0.1) is 0 Å². The lowest BCUT2D eigenvalue weighted by Gasteiger charge is -2.23. The molecule has 0 spiro atoms. The topological polar surface area (TPSA) is 285 Å². The van der Waals surface area contributed by atoms with Crippen LogP contribution in [0.15, 0.2) is 6.33 Å². The summed E-state index contributed by atoms with van der Waals surface area (Å²) in [5, 5.41) is 10.4. The number of aliphatic hydroxyl groups is 1. The number of fused-ring (bicyclic) bond motifs is 1. The van der Waals surface area contributed by atoms with E-state index in [9.17, 15) is 23.7 Å². The number of aromatic nitrogens is 4. The molecule has 0 aromatic carbocycles. The number of hydrogen-bond acceptors (Lipinski definition) is 13. The summed E-state index contributed by atoms with van der Waals surface area (Å²) in [4.78, 5) is 47.4. The Morgan fingerprint density at radius 3 is 2.36 bits per heavy atom. The van der Waals surface area contributed by atoms with Gasteiger partial charge in [0, 0.05) is 0 Å². The first-order valence-electron chi connectivity index (χ1n) is 8.17. The summed E-state index contributed by atoms with van der Waals surface area (Å²) in [6.45, 7) is -1.01. The summed E-state index contributed by atoms with van der Waals surface area (Å²) in [6.07, 6.45) is -3.60. The number of imidazole rings is 1. The molecule has 0 radical (unpaired) electrons. The third-order valence-electron chi connectivity index (χ3n) is 3.92. The van der Waals surface area contributed by atoms with Crippen LogP contribution in [0.3, 0.4) is 0 Å². The Balaban J connectivity index is 1.77. The third kappa shape index (κ3) is 6.01. The fourth-order valence-corrected chi connectivity index (χ4v) is 6.33.